The molecule has 1 aliphatic rings. The van der Waals surface area contributed by atoms with E-state index >= 15 is 0 Å². The van der Waals surface area contributed by atoms with Crippen molar-refractivity contribution in [2.75, 3.05) is 5.32 Å². The van der Waals surface area contributed by atoms with Crippen LogP contribution in [-0.2, 0) is 11.2 Å². The summed E-state index contributed by atoms with van der Waals surface area (Å²) in [6.07, 6.45) is 10.3. The zero-order chi connectivity index (χ0) is 15.6. The highest BCUT2D eigenvalue weighted by Crippen LogP contribution is 2.35. The van der Waals surface area contributed by atoms with Crippen molar-refractivity contribution < 1.29 is 4.79 Å². The molecule has 1 N–H and O–H groups in total. The van der Waals surface area contributed by atoms with Crippen LogP contribution >= 0.6 is 22.7 Å². The minimum absolute atomic E-state index is 0.0953. The number of carbonyl (C=O) groups excluding carboxylic acids is 1. The van der Waals surface area contributed by atoms with Crippen molar-refractivity contribution in [3.05, 3.63) is 28.5 Å². The third-order valence-electron chi connectivity index (χ3n) is 4.13. The van der Waals surface area contributed by atoms with Crippen LogP contribution < -0.4 is 5.32 Å². The molecule has 120 valence electrons. The first-order chi connectivity index (χ1) is 11.3. The van der Waals surface area contributed by atoms with E-state index in [-0.39, 0.29) is 12.3 Å². The minimum atomic E-state index is -0.0953. The van der Waals surface area contributed by atoms with Crippen molar-refractivity contribution in [3.8, 4) is 0 Å². The van der Waals surface area contributed by atoms with Gasteiger partial charge in [0.15, 0.2) is 4.96 Å². The van der Waals surface area contributed by atoms with E-state index in [4.69, 9.17) is 0 Å². The Morgan fingerprint density at radius 2 is 2.17 bits per heavy atom. The zero-order valence-corrected chi connectivity index (χ0v) is 14.2. The van der Waals surface area contributed by atoms with Gasteiger partial charge in [-0.05, 0) is 12.8 Å². The molecule has 0 unspecified atom stereocenters. The molecule has 1 aliphatic carbocycles. The molecule has 23 heavy (non-hydrogen) atoms. The van der Waals surface area contributed by atoms with Crippen molar-refractivity contribution in [1.29, 1.82) is 0 Å². The maximum absolute atomic E-state index is 12.1. The molecular formula is C15H17N5OS2. The largest absolute Gasteiger partial charge is 0.300 e. The molecule has 3 heterocycles. The number of rotatable bonds is 4. The Morgan fingerprint density at radius 3 is 3.00 bits per heavy atom. The average molecular weight is 347 g/mol. The second-order valence-corrected chi connectivity index (χ2v) is 7.71. The van der Waals surface area contributed by atoms with Crippen LogP contribution in [0.3, 0.4) is 0 Å². The van der Waals surface area contributed by atoms with Gasteiger partial charge in [-0.25, -0.2) is 4.98 Å². The van der Waals surface area contributed by atoms with Crippen molar-refractivity contribution in [2.45, 2.75) is 44.4 Å². The van der Waals surface area contributed by atoms with E-state index < -0.39 is 0 Å². The SMILES string of the molecule is O=C(Cc1cn2ccsc2n1)Nc1nnc(C2CCCCC2)s1. The molecule has 0 spiro atoms. The first-order valence-corrected chi connectivity index (χ1v) is 9.52. The molecule has 1 amide bonds. The first-order valence-electron chi connectivity index (χ1n) is 7.82. The number of nitrogens with one attached hydrogen (secondary N) is 1. The third kappa shape index (κ3) is 3.28. The Morgan fingerprint density at radius 1 is 1.30 bits per heavy atom. The van der Waals surface area contributed by atoms with Gasteiger partial charge >= 0.3 is 0 Å². The number of thiazole rings is 1. The molecule has 0 atom stereocenters. The number of anilines is 1. The van der Waals surface area contributed by atoms with Crippen molar-refractivity contribution >= 4 is 38.7 Å². The maximum Gasteiger partial charge on any atom is 0.232 e. The van der Waals surface area contributed by atoms with Crippen LogP contribution in [0.4, 0.5) is 5.13 Å². The number of carbonyl (C=O) groups is 1. The molecule has 0 aromatic carbocycles. The Balaban J connectivity index is 1.38. The van der Waals surface area contributed by atoms with E-state index in [1.54, 1.807) is 11.3 Å². The normalized spacial score (nSPS) is 16.0. The lowest BCUT2D eigenvalue weighted by atomic mass is 9.90. The summed E-state index contributed by atoms with van der Waals surface area (Å²) in [4.78, 5) is 17.5. The second kappa shape index (κ2) is 6.37. The van der Waals surface area contributed by atoms with E-state index in [1.807, 2.05) is 22.2 Å². The Labute approximate surface area is 141 Å². The van der Waals surface area contributed by atoms with Gasteiger partial charge in [0.2, 0.25) is 11.0 Å². The highest BCUT2D eigenvalue weighted by molar-refractivity contribution is 7.15. The van der Waals surface area contributed by atoms with Gasteiger partial charge in [0.25, 0.3) is 0 Å². The van der Waals surface area contributed by atoms with Crippen LogP contribution in [0.5, 0.6) is 0 Å². The van der Waals surface area contributed by atoms with Gasteiger partial charge in [0.05, 0.1) is 12.1 Å². The summed E-state index contributed by atoms with van der Waals surface area (Å²) < 4.78 is 1.93. The van der Waals surface area contributed by atoms with Crippen LogP contribution in [-0.4, -0.2) is 25.5 Å². The fourth-order valence-electron chi connectivity index (χ4n) is 2.99. The van der Waals surface area contributed by atoms with Gasteiger partial charge in [-0.3, -0.25) is 9.20 Å². The van der Waals surface area contributed by atoms with Crippen LogP contribution in [0.15, 0.2) is 17.8 Å². The van der Waals surface area contributed by atoms with Crippen LogP contribution in [0.2, 0.25) is 0 Å². The van der Waals surface area contributed by atoms with Gasteiger partial charge in [0.1, 0.15) is 5.01 Å². The lowest BCUT2D eigenvalue weighted by molar-refractivity contribution is -0.115. The Bertz CT molecular complexity index is 786. The molecule has 0 aliphatic heterocycles. The van der Waals surface area contributed by atoms with E-state index in [9.17, 15) is 4.79 Å². The number of imidazole rings is 1. The number of fused-ring (bicyclic) bond motifs is 1. The standard InChI is InChI=1S/C15H17N5OS2/c21-12(8-11-9-20-6-7-22-15(20)16-11)17-14-19-18-13(23-14)10-4-2-1-3-5-10/h6-7,9-10H,1-5,8H2,(H,17,19,21). The predicted octanol–water partition coefficient (Wildman–Crippen LogP) is 3.48. The topological polar surface area (TPSA) is 72.2 Å². The Hall–Kier alpha value is -1.80. The van der Waals surface area contributed by atoms with Gasteiger partial charge in [-0.15, -0.1) is 21.5 Å². The smallest absolute Gasteiger partial charge is 0.232 e. The number of amides is 1. The van der Waals surface area contributed by atoms with Gasteiger partial charge in [-0.1, -0.05) is 30.6 Å². The van der Waals surface area contributed by atoms with Crippen LogP contribution in [0, 0.1) is 0 Å². The van der Waals surface area contributed by atoms with Crippen molar-refractivity contribution in [2.24, 2.45) is 0 Å². The summed E-state index contributed by atoms with van der Waals surface area (Å²) >= 11 is 3.07. The molecule has 0 bridgehead atoms. The molecule has 0 radical (unpaired) electrons. The molecule has 1 fully saturated rings. The van der Waals surface area contributed by atoms with Crippen LogP contribution in [0.25, 0.3) is 4.96 Å². The number of hydrogen-bond acceptors (Lipinski definition) is 6. The lowest BCUT2D eigenvalue weighted by Crippen LogP contribution is -2.14. The molecule has 0 saturated heterocycles. The van der Waals surface area contributed by atoms with Crippen molar-refractivity contribution in [1.82, 2.24) is 19.6 Å². The van der Waals surface area contributed by atoms with E-state index in [1.165, 1.54) is 43.4 Å². The molecule has 1 saturated carbocycles. The number of hydrogen-bond donors (Lipinski definition) is 1. The van der Waals surface area contributed by atoms with Crippen LogP contribution in [0.1, 0.15) is 48.7 Å². The quantitative estimate of drug-likeness (QED) is 0.784. The highest BCUT2D eigenvalue weighted by atomic mass is 32.1. The summed E-state index contributed by atoms with van der Waals surface area (Å²) in [5.41, 5.74) is 0.770. The molecule has 3 aromatic rings. The third-order valence-corrected chi connectivity index (χ3v) is 5.90. The lowest BCUT2D eigenvalue weighted by Gasteiger charge is -2.18. The second-order valence-electron chi connectivity index (χ2n) is 5.83. The molecular weight excluding hydrogens is 330 g/mol. The van der Waals surface area contributed by atoms with Gasteiger partial charge < -0.3 is 5.32 Å². The monoisotopic (exact) mass is 347 g/mol. The highest BCUT2D eigenvalue weighted by Gasteiger charge is 2.20. The molecule has 6 nitrogen and oxygen atoms in total. The fourth-order valence-corrected chi connectivity index (χ4v) is 4.64. The molecule has 4 rings (SSSR count). The van der Waals surface area contributed by atoms with E-state index in [0.29, 0.717) is 11.0 Å². The average Bonchev–Trinajstić information content (AvgIpc) is 3.24. The summed E-state index contributed by atoms with van der Waals surface area (Å²) in [5, 5.41) is 14.9. The fraction of sp³-hybridized carbons (Fsp3) is 0.467. The summed E-state index contributed by atoms with van der Waals surface area (Å²) in [7, 11) is 0. The predicted molar refractivity (Wildman–Crippen MR) is 91.1 cm³/mol. The molecule has 8 heteroatoms. The van der Waals surface area contributed by atoms with Gasteiger partial charge in [-0.2, -0.15) is 0 Å². The summed E-state index contributed by atoms with van der Waals surface area (Å²) in [5.74, 6) is 0.425. The van der Waals surface area contributed by atoms with Gasteiger partial charge in [0, 0.05) is 23.7 Å². The first kappa shape index (κ1) is 14.8. The maximum atomic E-state index is 12.1. The number of aromatic nitrogens is 4. The Kier molecular flexibility index (Phi) is 4.09. The number of nitrogens with zero attached hydrogens (tertiary/aromatic N) is 4. The zero-order valence-electron chi connectivity index (χ0n) is 12.6. The van der Waals surface area contributed by atoms with E-state index in [2.05, 4.69) is 20.5 Å². The molecule has 3 aromatic heterocycles. The minimum Gasteiger partial charge on any atom is -0.300 e. The summed E-state index contributed by atoms with van der Waals surface area (Å²) in [6.45, 7) is 0. The van der Waals surface area contributed by atoms with Crippen molar-refractivity contribution in [3.63, 3.8) is 0 Å². The summed E-state index contributed by atoms with van der Waals surface area (Å²) in [6, 6.07) is 0. The van der Waals surface area contributed by atoms with E-state index in [0.717, 1.165) is 15.7 Å².